The van der Waals surface area contributed by atoms with E-state index < -0.39 is 21.4 Å². The number of benzene rings is 7. The van der Waals surface area contributed by atoms with Crippen molar-refractivity contribution in [1.29, 1.82) is 0 Å². The topological polar surface area (TPSA) is 63.0 Å². The number of nitrogens with zero attached hydrogens (tertiary/aromatic N) is 2. The van der Waals surface area contributed by atoms with Crippen LogP contribution in [0.25, 0.3) is 42.1 Å². The number of hydrogen-bond acceptors (Lipinski definition) is 7. The van der Waals surface area contributed by atoms with Crippen LogP contribution in [0.5, 0.6) is 5.75 Å². The fourth-order valence-electron chi connectivity index (χ4n) is 6.84. The third-order valence-electron chi connectivity index (χ3n) is 9.16. The summed E-state index contributed by atoms with van der Waals surface area (Å²) in [6.45, 7) is 0. The van der Waals surface area contributed by atoms with Crippen LogP contribution in [0.1, 0.15) is 0 Å². The molecule has 9 rings (SSSR count). The van der Waals surface area contributed by atoms with Gasteiger partial charge in [-0.05, 0) is 72.8 Å². The Balaban J connectivity index is 1.29. The predicted molar refractivity (Wildman–Crippen MR) is 212 cm³/mol. The average Bonchev–Trinajstić information content (AvgIpc) is 3.73. The van der Waals surface area contributed by atoms with Crippen molar-refractivity contribution < 1.29 is 30.2 Å². The smallest absolute Gasteiger partial charge is 0.456 e. The Hall–Kier alpha value is -6.30. The SMILES string of the molecule is O=S(=O)(Oc1cc(N(c2ccccc2)c2ccccc2)c2c(c1)oc1ccc(N(c3ccccc3)c3ccc4c(c3)sc3ccccc34)cc12)C(F)(F)F. The van der Waals surface area contributed by atoms with Crippen LogP contribution in [-0.2, 0) is 10.1 Å². The summed E-state index contributed by atoms with van der Waals surface area (Å²) in [5.74, 6) is -0.548. The van der Waals surface area contributed by atoms with E-state index in [4.69, 9.17) is 8.60 Å². The first-order valence-electron chi connectivity index (χ1n) is 16.8. The maximum absolute atomic E-state index is 13.6. The van der Waals surface area contributed by atoms with E-state index in [1.165, 1.54) is 27.6 Å². The van der Waals surface area contributed by atoms with Crippen LogP contribution in [0, 0.1) is 0 Å². The second-order valence-corrected chi connectivity index (χ2v) is 15.2. The van der Waals surface area contributed by atoms with Crippen LogP contribution < -0.4 is 14.0 Å². The zero-order valence-electron chi connectivity index (χ0n) is 28.1. The van der Waals surface area contributed by atoms with Crippen molar-refractivity contribution in [3.05, 3.63) is 164 Å². The summed E-state index contributed by atoms with van der Waals surface area (Å²) in [5, 5.41) is 3.57. The molecule has 2 heterocycles. The second-order valence-electron chi connectivity index (χ2n) is 12.5. The highest BCUT2D eigenvalue weighted by atomic mass is 32.2. The molecule has 6 nitrogen and oxygen atoms in total. The van der Waals surface area contributed by atoms with Gasteiger partial charge in [0.05, 0.1) is 11.1 Å². The molecule has 0 amide bonds. The highest BCUT2D eigenvalue weighted by molar-refractivity contribution is 7.88. The van der Waals surface area contributed by atoms with Gasteiger partial charge in [0.1, 0.15) is 16.9 Å². The monoisotopic (exact) mass is 756 g/mol. The number of hydrogen-bond donors (Lipinski definition) is 0. The van der Waals surface area contributed by atoms with E-state index in [0.29, 0.717) is 33.4 Å². The Morgan fingerprint density at radius 2 is 1.07 bits per heavy atom. The quantitative estimate of drug-likeness (QED) is 0.114. The Morgan fingerprint density at radius 1 is 0.519 bits per heavy atom. The summed E-state index contributed by atoms with van der Waals surface area (Å²) in [6.07, 6.45) is 0. The summed E-state index contributed by atoms with van der Waals surface area (Å²) >= 11 is 1.72. The van der Waals surface area contributed by atoms with Gasteiger partial charge in [-0.2, -0.15) is 21.6 Å². The fraction of sp³-hybridized carbons (Fsp3) is 0.0233. The van der Waals surface area contributed by atoms with Crippen molar-refractivity contribution >= 4 is 97.7 Å². The standard InChI is InChI=1S/C43H27F3N2O4S2/c44-43(45,46)54(49,50)52-33-26-37(48(29-14-6-2-7-15-29)30-16-8-3-9-17-30)42-36-24-31(21-23-38(36)51-39(42)27-33)47(28-12-4-1-5-13-28)32-20-22-35-34-18-10-11-19-40(34)53-41(35)25-32/h1-27H. The first-order valence-corrected chi connectivity index (χ1v) is 19.0. The molecule has 0 aliphatic carbocycles. The van der Waals surface area contributed by atoms with Crippen molar-refractivity contribution in [2.24, 2.45) is 0 Å². The maximum atomic E-state index is 13.6. The van der Waals surface area contributed by atoms with E-state index in [2.05, 4.69) is 35.2 Å². The van der Waals surface area contributed by atoms with Gasteiger partial charge in [0.15, 0.2) is 0 Å². The van der Waals surface area contributed by atoms with Crippen LogP contribution >= 0.6 is 11.3 Å². The van der Waals surface area contributed by atoms with Gasteiger partial charge in [-0.3, -0.25) is 0 Å². The summed E-state index contributed by atoms with van der Waals surface area (Å²) in [6, 6.07) is 51.4. The molecule has 11 heteroatoms. The Bertz CT molecular complexity index is 2890. The van der Waals surface area contributed by atoms with Gasteiger partial charge in [0, 0.05) is 66.1 Å². The first-order chi connectivity index (χ1) is 26.1. The normalized spacial score (nSPS) is 12.1. The van der Waals surface area contributed by atoms with Crippen molar-refractivity contribution in [3.63, 3.8) is 0 Å². The maximum Gasteiger partial charge on any atom is 0.534 e. The third kappa shape index (κ3) is 5.87. The molecule has 0 N–H and O–H groups in total. The van der Waals surface area contributed by atoms with Crippen LogP contribution in [-0.4, -0.2) is 13.9 Å². The molecule has 54 heavy (non-hydrogen) atoms. The predicted octanol–water partition coefficient (Wildman–Crippen LogP) is 13.1. The minimum Gasteiger partial charge on any atom is -0.456 e. The molecule has 0 saturated carbocycles. The number of fused-ring (bicyclic) bond motifs is 6. The van der Waals surface area contributed by atoms with Gasteiger partial charge < -0.3 is 18.4 Å². The van der Waals surface area contributed by atoms with Crippen molar-refractivity contribution in [2.45, 2.75) is 5.51 Å². The van der Waals surface area contributed by atoms with Crippen molar-refractivity contribution in [2.75, 3.05) is 9.80 Å². The molecule has 0 atom stereocenters. The van der Waals surface area contributed by atoms with Gasteiger partial charge in [-0.1, -0.05) is 78.9 Å². The molecule has 0 bridgehead atoms. The van der Waals surface area contributed by atoms with Gasteiger partial charge >= 0.3 is 15.6 Å². The number of alkyl halides is 3. The average molecular weight is 757 g/mol. The molecule has 266 valence electrons. The van der Waals surface area contributed by atoms with E-state index in [0.717, 1.165) is 21.8 Å². The minimum atomic E-state index is -5.99. The lowest BCUT2D eigenvalue weighted by Gasteiger charge is -2.27. The number of furan rings is 1. The molecule has 0 fully saturated rings. The number of rotatable bonds is 8. The van der Waals surface area contributed by atoms with Crippen LogP contribution in [0.4, 0.5) is 47.3 Å². The van der Waals surface area contributed by atoms with Gasteiger partial charge in [-0.25, -0.2) is 0 Å². The van der Waals surface area contributed by atoms with Crippen LogP contribution in [0.15, 0.2) is 168 Å². The van der Waals surface area contributed by atoms with Crippen LogP contribution in [0.3, 0.4) is 0 Å². The number of thiophene rings is 1. The summed E-state index contributed by atoms with van der Waals surface area (Å²) < 4.78 is 78.6. The molecule has 0 saturated heterocycles. The molecule has 2 aromatic heterocycles. The molecule has 0 aliphatic heterocycles. The van der Waals surface area contributed by atoms with E-state index in [-0.39, 0.29) is 5.58 Å². The zero-order chi connectivity index (χ0) is 37.0. The Kier molecular flexibility index (Phi) is 8.06. The second kappa shape index (κ2) is 13.0. The van der Waals surface area contributed by atoms with E-state index in [9.17, 15) is 21.6 Å². The molecule has 9 aromatic rings. The highest BCUT2D eigenvalue weighted by Gasteiger charge is 2.48. The van der Waals surface area contributed by atoms with Crippen LogP contribution in [0.2, 0.25) is 0 Å². The number of anilines is 6. The minimum absolute atomic E-state index is 0.141. The Labute approximate surface area is 311 Å². The van der Waals surface area contributed by atoms with Crippen molar-refractivity contribution in [1.82, 2.24) is 0 Å². The van der Waals surface area contributed by atoms with E-state index in [1.807, 2.05) is 126 Å². The van der Waals surface area contributed by atoms with Crippen molar-refractivity contribution in [3.8, 4) is 5.75 Å². The summed E-state index contributed by atoms with van der Waals surface area (Å²) in [4.78, 5) is 3.97. The van der Waals surface area contributed by atoms with Gasteiger partial charge in [0.25, 0.3) is 0 Å². The van der Waals surface area contributed by atoms with E-state index >= 15 is 0 Å². The summed E-state index contributed by atoms with van der Waals surface area (Å²) in [5.41, 5.74) is -0.711. The zero-order valence-corrected chi connectivity index (χ0v) is 29.7. The molecule has 0 spiro atoms. The molecule has 7 aromatic carbocycles. The highest BCUT2D eigenvalue weighted by Crippen LogP contribution is 2.48. The third-order valence-corrected chi connectivity index (χ3v) is 11.3. The molecular formula is C43H27F3N2O4S2. The summed E-state index contributed by atoms with van der Waals surface area (Å²) in [7, 11) is -5.99. The number of para-hydroxylation sites is 3. The Morgan fingerprint density at radius 3 is 1.72 bits per heavy atom. The lowest BCUT2D eigenvalue weighted by molar-refractivity contribution is -0.0500. The molecule has 0 radical (unpaired) electrons. The van der Waals surface area contributed by atoms with Gasteiger partial charge in [-0.15, -0.1) is 11.3 Å². The molecule has 0 aliphatic rings. The lowest BCUT2D eigenvalue weighted by atomic mass is 10.1. The largest absolute Gasteiger partial charge is 0.534 e. The fourth-order valence-corrected chi connectivity index (χ4v) is 8.43. The first kappa shape index (κ1) is 33.5. The lowest BCUT2D eigenvalue weighted by Crippen LogP contribution is -2.28. The molecule has 0 unspecified atom stereocenters. The van der Waals surface area contributed by atoms with Gasteiger partial charge in [0.2, 0.25) is 0 Å². The van der Waals surface area contributed by atoms with E-state index in [1.54, 1.807) is 11.3 Å². The number of halogens is 3. The molecular weight excluding hydrogens is 730 g/mol.